The molecule has 3 N–H and O–H groups in total. The van der Waals surface area contributed by atoms with Crippen LogP contribution in [0.1, 0.15) is 49.7 Å². The lowest BCUT2D eigenvalue weighted by Gasteiger charge is -2.33. The van der Waals surface area contributed by atoms with Gasteiger partial charge in [-0.1, -0.05) is 36.8 Å². The molecule has 1 amide bonds. The van der Waals surface area contributed by atoms with Crippen molar-refractivity contribution in [1.29, 1.82) is 0 Å². The van der Waals surface area contributed by atoms with Crippen molar-refractivity contribution in [2.45, 2.75) is 43.9 Å². The van der Waals surface area contributed by atoms with E-state index in [0.717, 1.165) is 53.9 Å². The van der Waals surface area contributed by atoms with Gasteiger partial charge in [0.2, 0.25) is 5.91 Å². The van der Waals surface area contributed by atoms with Crippen LogP contribution in [-0.2, 0) is 29.2 Å². The van der Waals surface area contributed by atoms with Crippen LogP contribution in [-0.4, -0.2) is 71.3 Å². The number of carbonyl (C=O) groups excluding carboxylic acids is 1. The Morgan fingerprint density at radius 3 is 2.20 bits per heavy atom. The first kappa shape index (κ1) is 33.2. The Balaban J connectivity index is 1.52. The predicted molar refractivity (Wildman–Crippen MR) is 182 cm³/mol. The fourth-order valence-corrected chi connectivity index (χ4v) is 7.14. The van der Waals surface area contributed by atoms with E-state index >= 15 is 0 Å². The zero-order valence-electron chi connectivity index (χ0n) is 26.4. The summed E-state index contributed by atoms with van der Waals surface area (Å²) < 4.78 is 23.8. The number of unbranched alkanes of at least 4 members (excludes halogenated alkanes) is 2. The zero-order chi connectivity index (χ0) is 31.5. The number of para-hydroxylation sites is 1. The van der Waals surface area contributed by atoms with Gasteiger partial charge >= 0.3 is 0 Å². The normalized spacial score (nSPS) is 13.2. The molecule has 0 radical (unpaired) electrons. The van der Waals surface area contributed by atoms with Gasteiger partial charge in [-0.2, -0.15) is 0 Å². The van der Waals surface area contributed by atoms with Crippen LogP contribution < -0.4 is 11.1 Å². The minimum Gasteiger partial charge on any atom is -0.382 e. The summed E-state index contributed by atoms with van der Waals surface area (Å²) in [6, 6.07) is 21.3. The van der Waals surface area contributed by atoms with Crippen LogP contribution in [0.4, 0.5) is 5.69 Å². The van der Waals surface area contributed by atoms with E-state index in [1.54, 1.807) is 25.6 Å². The van der Waals surface area contributed by atoms with Gasteiger partial charge < -0.3 is 30.0 Å². The van der Waals surface area contributed by atoms with E-state index < -0.39 is 0 Å². The highest BCUT2D eigenvalue weighted by atomic mass is 32.1. The highest BCUT2D eigenvalue weighted by Gasteiger charge is 2.43. The molecule has 45 heavy (non-hydrogen) atoms. The van der Waals surface area contributed by atoms with Crippen LogP contribution >= 0.6 is 11.3 Å². The van der Waals surface area contributed by atoms with Gasteiger partial charge in [-0.15, -0.1) is 11.3 Å². The van der Waals surface area contributed by atoms with Crippen LogP contribution in [0.25, 0.3) is 31.9 Å². The molecule has 1 heterocycles. The molecule has 1 aromatic heterocycles. The molecule has 0 atom stereocenters. The lowest BCUT2D eigenvalue weighted by atomic mass is 9.72. The number of aromatic nitrogens is 1. The Morgan fingerprint density at radius 2 is 1.51 bits per heavy atom. The summed E-state index contributed by atoms with van der Waals surface area (Å²) in [5.41, 5.74) is 12.9. The SMILES string of the molecule is COCCOCCC1(CCOCCOC)c2cc(NC(=O)CCCCCN)ccc2-c2ccc(-c3nc4ccccc4s3)cc21. The average Bonchev–Trinajstić information content (AvgIpc) is 3.60. The molecule has 4 aromatic rings. The topological polar surface area (TPSA) is 105 Å². The van der Waals surface area contributed by atoms with Gasteiger partial charge in [0.05, 0.1) is 36.6 Å². The van der Waals surface area contributed by atoms with Crippen molar-refractivity contribution in [3.63, 3.8) is 0 Å². The number of hydrogen-bond donors (Lipinski definition) is 2. The summed E-state index contributed by atoms with van der Waals surface area (Å²) in [6.45, 7) is 3.92. The van der Waals surface area contributed by atoms with Gasteiger partial charge in [0.15, 0.2) is 0 Å². The number of anilines is 1. The molecule has 0 fully saturated rings. The number of benzene rings is 3. The van der Waals surface area contributed by atoms with Crippen molar-refractivity contribution in [2.24, 2.45) is 5.73 Å². The second-order valence-corrected chi connectivity index (χ2v) is 12.5. The molecular formula is C36H45N3O5S. The van der Waals surface area contributed by atoms with E-state index in [1.165, 1.54) is 27.0 Å². The molecule has 240 valence electrons. The maximum absolute atomic E-state index is 12.9. The van der Waals surface area contributed by atoms with E-state index in [-0.39, 0.29) is 11.3 Å². The number of nitrogens with one attached hydrogen (secondary N) is 1. The van der Waals surface area contributed by atoms with E-state index in [2.05, 4.69) is 53.8 Å². The number of thiazole rings is 1. The molecule has 0 saturated heterocycles. The Kier molecular flexibility index (Phi) is 12.1. The first-order valence-electron chi connectivity index (χ1n) is 15.9. The summed E-state index contributed by atoms with van der Waals surface area (Å²) in [6.07, 6.45) is 4.71. The van der Waals surface area contributed by atoms with E-state index in [9.17, 15) is 4.79 Å². The van der Waals surface area contributed by atoms with Crippen molar-refractivity contribution in [3.05, 3.63) is 71.8 Å². The standard InChI is InChI=1S/C36H45N3O5S/c1-41-20-22-43-18-15-36(16-19-44-23-21-42-2)30-24-26(35-39-32-8-5-6-9-33(32)45-35)11-13-28(30)29-14-12-27(25-31(29)36)38-34(40)10-4-3-7-17-37/h5-6,8-9,11-14,24-25H,3-4,7,10,15-23,37H2,1-2H3,(H,38,40). The number of ether oxygens (including phenoxy) is 4. The molecule has 1 aliphatic carbocycles. The number of fused-ring (bicyclic) bond motifs is 4. The largest absolute Gasteiger partial charge is 0.382 e. The number of hydrogen-bond acceptors (Lipinski definition) is 8. The van der Waals surface area contributed by atoms with Crippen molar-refractivity contribution < 1.29 is 23.7 Å². The number of nitrogens with two attached hydrogens (primary N) is 1. The molecule has 8 nitrogen and oxygen atoms in total. The van der Waals surface area contributed by atoms with Crippen molar-refractivity contribution in [1.82, 2.24) is 4.98 Å². The van der Waals surface area contributed by atoms with Crippen molar-refractivity contribution >= 4 is 33.1 Å². The van der Waals surface area contributed by atoms with Crippen molar-refractivity contribution in [3.8, 4) is 21.7 Å². The maximum atomic E-state index is 12.9. The van der Waals surface area contributed by atoms with Crippen molar-refractivity contribution in [2.75, 3.05) is 65.7 Å². The molecule has 0 bridgehead atoms. The molecule has 9 heteroatoms. The van der Waals surface area contributed by atoms with Gasteiger partial charge in [-0.05, 0) is 84.8 Å². The monoisotopic (exact) mass is 631 g/mol. The quantitative estimate of drug-likeness (QED) is 0.110. The zero-order valence-corrected chi connectivity index (χ0v) is 27.3. The van der Waals surface area contributed by atoms with E-state index in [0.29, 0.717) is 52.6 Å². The second kappa shape index (κ2) is 16.4. The van der Waals surface area contributed by atoms with Crippen LogP contribution in [0.2, 0.25) is 0 Å². The number of rotatable bonds is 19. The van der Waals surface area contributed by atoms with Crippen LogP contribution in [0.15, 0.2) is 60.7 Å². The third-order valence-corrected chi connectivity index (χ3v) is 9.59. The lowest BCUT2D eigenvalue weighted by Crippen LogP contribution is -2.30. The number of amides is 1. The molecule has 1 aliphatic rings. The lowest BCUT2D eigenvalue weighted by molar-refractivity contribution is -0.116. The fraction of sp³-hybridized carbons (Fsp3) is 0.444. The summed E-state index contributed by atoms with van der Waals surface area (Å²) in [5, 5.41) is 4.16. The number of methoxy groups -OCH3 is 2. The summed E-state index contributed by atoms with van der Waals surface area (Å²) in [7, 11) is 3.37. The molecule has 5 rings (SSSR count). The van der Waals surface area contributed by atoms with Crippen LogP contribution in [0, 0.1) is 0 Å². The highest BCUT2D eigenvalue weighted by Crippen LogP contribution is 2.54. The highest BCUT2D eigenvalue weighted by molar-refractivity contribution is 7.21. The van der Waals surface area contributed by atoms with Gasteiger partial charge in [-0.25, -0.2) is 4.98 Å². The third kappa shape index (κ3) is 7.98. The van der Waals surface area contributed by atoms with Gasteiger partial charge in [-0.3, -0.25) is 4.79 Å². The predicted octanol–water partition coefficient (Wildman–Crippen LogP) is 6.79. The third-order valence-electron chi connectivity index (χ3n) is 8.50. The first-order chi connectivity index (χ1) is 22.1. The Hall–Kier alpha value is -3.18. The molecular weight excluding hydrogens is 586 g/mol. The van der Waals surface area contributed by atoms with Gasteiger partial charge in [0, 0.05) is 50.5 Å². The van der Waals surface area contributed by atoms with E-state index in [4.69, 9.17) is 29.7 Å². The number of carbonyl (C=O) groups is 1. The minimum atomic E-state index is -0.390. The molecule has 0 unspecified atom stereocenters. The fourth-order valence-electron chi connectivity index (χ4n) is 6.18. The van der Waals surface area contributed by atoms with Gasteiger partial charge in [0.1, 0.15) is 5.01 Å². The van der Waals surface area contributed by atoms with E-state index in [1.807, 2.05) is 12.1 Å². The van der Waals surface area contributed by atoms with Crippen LogP contribution in [0.3, 0.4) is 0 Å². The maximum Gasteiger partial charge on any atom is 0.224 e. The molecule has 0 spiro atoms. The minimum absolute atomic E-state index is 0.0250. The average molecular weight is 632 g/mol. The molecule has 0 saturated carbocycles. The second-order valence-electron chi connectivity index (χ2n) is 11.4. The first-order valence-corrected chi connectivity index (χ1v) is 16.7. The van der Waals surface area contributed by atoms with Crippen LogP contribution in [0.5, 0.6) is 0 Å². The smallest absolute Gasteiger partial charge is 0.224 e. The summed E-state index contributed by atoms with van der Waals surface area (Å²) in [5.74, 6) is 0.0250. The molecule has 0 aliphatic heterocycles. The Bertz CT molecular complexity index is 1510. The summed E-state index contributed by atoms with van der Waals surface area (Å²) >= 11 is 1.71. The molecule has 3 aromatic carbocycles. The summed E-state index contributed by atoms with van der Waals surface area (Å²) in [4.78, 5) is 17.8. The number of nitrogens with zero attached hydrogens (tertiary/aromatic N) is 1. The Labute approximate surface area is 270 Å². The Morgan fingerprint density at radius 1 is 0.822 bits per heavy atom. The van der Waals surface area contributed by atoms with Gasteiger partial charge in [0.25, 0.3) is 0 Å².